The van der Waals surface area contributed by atoms with Crippen molar-refractivity contribution in [3.8, 4) is 11.5 Å². The zero-order chi connectivity index (χ0) is 22.9. The highest BCUT2D eigenvalue weighted by Gasteiger charge is 2.32. The highest BCUT2D eigenvalue weighted by Crippen LogP contribution is 2.43. The Morgan fingerprint density at radius 3 is 2.18 bits per heavy atom. The van der Waals surface area contributed by atoms with Gasteiger partial charge in [0.15, 0.2) is 0 Å². The second-order valence-corrected chi connectivity index (χ2v) is 8.76. The van der Waals surface area contributed by atoms with E-state index in [1.54, 1.807) is 0 Å². The summed E-state index contributed by atoms with van der Waals surface area (Å²) >= 11 is 0. The summed E-state index contributed by atoms with van der Waals surface area (Å²) in [6.45, 7) is 1.12. The molecule has 0 unspecified atom stereocenters. The summed E-state index contributed by atoms with van der Waals surface area (Å²) in [5.74, 6) is 2.30. The third-order valence-electron chi connectivity index (χ3n) is 6.41. The van der Waals surface area contributed by atoms with Crippen LogP contribution in [0.3, 0.4) is 0 Å². The minimum absolute atomic E-state index is 0.103. The molecule has 0 amide bonds. The average Bonchev–Trinajstić information content (AvgIpc) is 2.87. The topological polar surface area (TPSA) is 55.8 Å². The van der Waals surface area contributed by atoms with Gasteiger partial charge >= 0.3 is 0 Å². The zero-order valence-corrected chi connectivity index (χ0v) is 19.0. The first kappa shape index (κ1) is 23.1. The van der Waals surface area contributed by atoms with Crippen LogP contribution in [0.4, 0.5) is 0 Å². The van der Waals surface area contributed by atoms with Gasteiger partial charge in [-0.15, -0.1) is 0 Å². The lowest BCUT2D eigenvalue weighted by molar-refractivity contribution is -0.121. The minimum atomic E-state index is 0.103. The average molecular weight is 445 g/mol. The van der Waals surface area contributed by atoms with Gasteiger partial charge in [0.05, 0.1) is 0 Å². The first-order valence-electron chi connectivity index (χ1n) is 11.8. The van der Waals surface area contributed by atoms with Gasteiger partial charge in [-0.2, -0.15) is 0 Å². The Bertz CT molecular complexity index is 1020. The summed E-state index contributed by atoms with van der Waals surface area (Å²) in [4.78, 5) is 12.4. The van der Waals surface area contributed by atoms with Crippen molar-refractivity contribution < 1.29 is 19.4 Å². The monoisotopic (exact) mass is 444 g/mol. The van der Waals surface area contributed by atoms with Crippen LogP contribution in [0.1, 0.15) is 54.7 Å². The molecule has 0 heterocycles. The summed E-state index contributed by atoms with van der Waals surface area (Å²) in [7, 11) is 0. The Hall–Kier alpha value is -3.11. The fourth-order valence-corrected chi connectivity index (χ4v) is 4.64. The molecule has 3 aromatic rings. The van der Waals surface area contributed by atoms with Gasteiger partial charge in [-0.3, -0.25) is 4.79 Å². The number of hydrogen-bond acceptors (Lipinski definition) is 4. The number of aliphatic hydroxyl groups excluding tert-OH is 1. The summed E-state index contributed by atoms with van der Waals surface area (Å²) in [5, 5.41) is 9.35. The van der Waals surface area contributed by atoms with Crippen molar-refractivity contribution in [1.82, 2.24) is 0 Å². The second kappa shape index (κ2) is 11.7. The molecule has 172 valence electrons. The van der Waals surface area contributed by atoms with Gasteiger partial charge in [-0.25, -0.2) is 0 Å². The molecule has 0 spiro atoms. The molecule has 1 aliphatic rings. The largest absolute Gasteiger partial charge is 0.489 e. The normalized spacial score (nSPS) is 18.2. The maximum atomic E-state index is 12.4. The Morgan fingerprint density at radius 2 is 1.52 bits per heavy atom. The Morgan fingerprint density at radius 1 is 0.848 bits per heavy atom. The van der Waals surface area contributed by atoms with Gasteiger partial charge in [0.2, 0.25) is 0 Å². The molecule has 1 aliphatic carbocycles. The Labute approximate surface area is 196 Å². The lowest BCUT2D eigenvalue weighted by Crippen LogP contribution is -2.24. The number of hydrogen-bond donors (Lipinski definition) is 1. The molecular weight excluding hydrogens is 412 g/mol. The van der Waals surface area contributed by atoms with E-state index in [4.69, 9.17) is 9.47 Å². The fraction of sp³-hybridized carbons (Fsp3) is 0.345. The smallest absolute Gasteiger partial charge is 0.133 e. The van der Waals surface area contributed by atoms with Crippen LogP contribution >= 0.6 is 0 Å². The van der Waals surface area contributed by atoms with Crippen LogP contribution in [0.5, 0.6) is 11.5 Å². The number of aliphatic hydroxyl groups is 1. The van der Waals surface area contributed by atoms with E-state index in [1.807, 2.05) is 72.8 Å². The van der Waals surface area contributed by atoms with Gasteiger partial charge in [0.1, 0.15) is 30.5 Å². The van der Waals surface area contributed by atoms with E-state index in [9.17, 15) is 9.90 Å². The summed E-state index contributed by atoms with van der Waals surface area (Å²) in [6.07, 6.45) is 3.70. The van der Waals surface area contributed by atoms with Crippen molar-refractivity contribution in [1.29, 1.82) is 0 Å². The Kier molecular flexibility index (Phi) is 8.15. The fourth-order valence-electron chi connectivity index (χ4n) is 4.64. The van der Waals surface area contributed by atoms with Crippen molar-refractivity contribution >= 4 is 5.78 Å². The van der Waals surface area contributed by atoms with E-state index >= 15 is 0 Å². The van der Waals surface area contributed by atoms with Gasteiger partial charge in [0.25, 0.3) is 0 Å². The number of carbonyl (C=O) groups is 1. The third kappa shape index (κ3) is 6.45. The molecule has 0 saturated heterocycles. The zero-order valence-electron chi connectivity index (χ0n) is 19.0. The van der Waals surface area contributed by atoms with Crippen LogP contribution in [0.15, 0.2) is 78.9 Å². The number of ketones is 1. The van der Waals surface area contributed by atoms with E-state index in [2.05, 4.69) is 6.07 Å². The maximum absolute atomic E-state index is 12.4. The molecule has 0 aromatic heterocycles. The van der Waals surface area contributed by atoms with Gasteiger partial charge in [0, 0.05) is 25.5 Å². The van der Waals surface area contributed by atoms with E-state index in [0.717, 1.165) is 47.5 Å². The highest BCUT2D eigenvalue weighted by molar-refractivity contribution is 5.80. The van der Waals surface area contributed by atoms with E-state index in [0.29, 0.717) is 37.8 Å². The molecule has 1 N–H and O–H groups in total. The minimum Gasteiger partial charge on any atom is -0.489 e. The van der Waals surface area contributed by atoms with Crippen LogP contribution in [0, 0.1) is 5.92 Å². The van der Waals surface area contributed by atoms with Gasteiger partial charge in [-0.1, -0.05) is 66.7 Å². The summed E-state index contributed by atoms with van der Waals surface area (Å²) < 4.78 is 12.4. The second-order valence-electron chi connectivity index (χ2n) is 8.76. The molecule has 1 saturated carbocycles. The number of rotatable bonds is 10. The summed E-state index contributed by atoms with van der Waals surface area (Å²) in [6, 6.07) is 26.2. The van der Waals surface area contributed by atoms with Crippen molar-refractivity contribution in [2.75, 3.05) is 6.61 Å². The first-order valence-corrected chi connectivity index (χ1v) is 11.8. The van der Waals surface area contributed by atoms with Gasteiger partial charge in [-0.05, 0) is 53.9 Å². The van der Waals surface area contributed by atoms with E-state index < -0.39 is 0 Å². The molecule has 4 heteroatoms. The molecule has 1 fully saturated rings. The maximum Gasteiger partial charge on any atom is 0.133 e. The predicted molar refractivity (Wildman–Crippen MR) is 129 cm³/mol. The molecule has 2 atom stereocenters. The number of Topliss-reactive ketones (excluding diaryl/α,β-unsaturated/α-hetero) is 1. The van der Waals surface area contributed by atoms with E-state index in [1.165, 1.54) is 0 Å². The molecule has 3 aromatic carbocycles. The van der Waals surface area contributed by atoms with Crippen LogP contribution in [-0.2, 0) is 18.0 Å². The first-order chi connectivity index (χ1) is 16.2. The van der Waals surface area contributed by atoms with Crippen molar-refractivity contribution in [3.05, 3.63) is 95.6 Å². The molecule has 33 heavy (non-hydrogen) atoms. The van der Waals surface area contributed by atoms with Crippen molar-refractivity contribution in [2.45, 2.75) is 51.2 Å². The SMILES string of the molecule is O=C1CC[C@H](CCCO)[C@@H](c2ccc(OCc3ccccc3)cc2OCc2ccccc2)C1. The van der Waals surface area contributed by atoms with E-state index in [-0.39, 0.29) is 12.5 Å². The molecule has 4 nitrogen and oxygen atoms in total. The van der Waals surface area contributed by atoms with Crippen LogP contribution < -0.4 is 9.47 Å². The molecule has 0 radical (unpaired) electrons. The molecular formula is C29H32O4. The number of ether oxygens (including phenoxy) is 2. The number of benzene rings is 3. The van der Waals surface area contributed by atoms with Crippen LogP contribution in [0.2, 0.25) is 0 Å². The Balaban J connectivity index is 1.58. The highest BCUT2D eigenvalue weighted by atomic mass is 16.5. The predicted octanol–water partition coefficient (Wildman–Crippen LogP) is 6.07. The summed E-state index contributed by atoms with van der Waals surface area (Å²) in [5.41, 5.74) is 3.26. The number of carbonyl (C=O) groups excluding carboxylic acids is 1. The quantitative estimate of drug-likeness (QED) is 0.412. The van der Waals surface area contributed by atoms with Crippen LogP contribution in [-0.4, -0.2) is 17.5 Å². The van der Waals surface area contributed by atoms with Crippen LogP contribution in [0.25, 0.3) is 0 Å². The van der Waals surface area contributed by atoms with Crippen molar-refractivity contribution in [2.24, 2.45) is 5.92 Å². The molecule has 0 aliphatic heterocycles. The van der Waals surface area contributed by atoms with Crippen molar-refractivity contribution in [3.63, 3.8) is 0 Å². The third-order valence-corrected chi connectivity index (χ3v) is 6.41. The lowest BCUT2D eigenvalue weighted by atomic mass is 9.73. The molecule has 0 bridgehead atoms. The van der Waals surface area contributed by atoms with Gasteiger partial charge < -0.3 is 14.6 Å². The lowest BCUT2D eigenvalue weighted by Gasteiger charge is -2.32. The standard InChI is InChI=1S/C29H32O4/c30-17-7-12-24-13-14-25(31)18-28(24)27-16-15-26(32-20-22-8-3-1-4-9-22)19-29(27)33-21-23-10-5-2-6-11-23/h1-6,8-11,15-16,19,24,28,30H,7,12-14,17-18,20-21H2/t24-,28-/m0/s1. The molecule has 4 rings (SSSR count).